The van der Waals surface area contributed by atoms with Gasteiger partial charge in [-0.15, -0.1) is 0 Å². The fourth-order valence-electron chi connectivity index (χ4n) is 2.13. The van der Waals surface area contributed by atoms with Crippen molar-refractivity contribution in [2.45, 2.75) is 23.9 Å². The summed E-state index contributed by atoms with van der Waals surface area (Å²) in [7, 11) is 0. The molecule has 0 aliphatic rings. The SMILES string of the molecule is O=C(N[C@@H](Cc1ccccc1)C(=O)C(Cl)Cl)OCc1ccccc1. The molecule has 0 aliphatic carbocycles. The van der Waals surface area contributed by atoms with Crippen molar-refractivity contribution in [1.29, 1.82) is 0 Å². The van der Waals surface area contributed by atoms with Gasteiger partial charge in [-0.3, -0.25) is 4.79 Å². The third-order valence-electron chi connectivity index (χ3n) is 3.35. The molecule has 0 radical (unpaired) electrons. The molecule has 0 heterocycles. The summed E-state index contributed by atoms with van der Waals surface area (Å²) >= 11 is 11.3. The van der Waals surface area contributed by atoms with Crippen LogP contribution in [-0.2, 0) is 22.6 Å². The molecule has 0 saturated heterocycles. The second kappa shape index (κ2) is 9.30. The topological polar surface area (TPSA) is 55.4 Å². The number of hydrogen-bond donors (Lipinski definition) is 1. The summed E-state index contributed by atoms with van der Waals surface area (Å²) in [5, 5.41) is 2.54. The number of halogens is 2. The number of Topliss-reactive ketones (excluding diaryl/α,β-unsaturated/α-hetero) is 1. The molecule has 0 saturated carbocycles. The highest BCUT2D eigenvalue weighted by Gasteiger charge is 2.26. The summed E-state index contributed by atoms with van der Waals surface area (Å²) in [6.45, 7) is 0.115. The molecule has 4 nitrogen and oxygen atoms in total. The normalized spacial score (nSPS) is 11.8. The van der Waals surface area contributed by atoms with Gasteiger partial charge >= 0.3 is 6.09 Å². The van der Waals surface area contributed by atoms with E-state index in [9.17, 15) is 9.59 Å². The van der Waals surface area contributed by atoms with Gasteiger partial charge in [0.25, 0.3) is 0 Å². The summed E-state index contributed by atoms with van der Waals surface area (Å²) in [5.41, 5.74) is 1.74. The van der Waals surface area contributed by atoms with Crippen LogP contribution in [0, 0.1) is 0 Å². The minimum Gasteiger partial charge on any atom is -0.445 e. The van der Waals surface area contributed by atoms with Gasteiger partial charge in [0.15, 0.2) is 10.6 Å². The summed E-state index contributed by atoms with van der Waals surface area (Å²) in [4.78, 5) is 22.9. The van der Waals surface area contributed by atoms with E-state index in [0.29, 0.717) is 0 Å². The van der Waals surface area contributed by atoms with Gasteiger partial charge in [0.2, 0.25) is 0 Å². The first-order valence-corrected chi connectivity index (χ1v) is 8.26. The van der Waals surface area contributed by atoms with Gasteiger partial charge in [0.1, 0.15) is 6.61 Å². The second-order valence-corrected chi connectivity index (χ2v) is 6.25. The predicted octanol–water partition coefficient (Wildman–Crippen LogP) is 3.90. The Morgan fingerprint density at radius 2 is 1.46 bits per heavy atom. The number of carbonyl (C=O) groups excluding carboxylic acids is 2. The van der Waals surface area contributed by atoms with E-state index < -0.39 is 22.8 Å². The van der Waals surface area contributed by atoms with Crippen LogP contribution in [-0.4, -0.2) is 22.8 Å². The van der Waals surface area contributed by atoms with Crippen LogP contribution in [0.4, 0.5) is 4.79 Å². The van der Waals surface area contributed by atoms with Crippen molar-refractivity contribution >= 4 is 35.1 Å². The number of alkyl carbamates (subject to hydrolysis) is 1. The average molecular weight is 366 g/mol. The zero-order chi connectivity index (χ0) is 17.4. The van der Waals surface area contributed by atoms with E-state index in [4.69, 9.17) is 27.9 Å². The van der Waals surface area contributed by atoms with Crippen LogP contribution in [0.15, 0.2) is 60.7 Å². The first kappa shape index (κ1) is 18.3. The second-order valence-electron chi connectivity index (χ2n) is 5.15. The molecule has 0 spiro atoms. The number of hydrogen-bond acceptors (Lipinski definition) is 3. The van der Waals surface area contributed by atoms with Crippen molar-refractivity contribution in [2.24, 2.45) is 0 Å². The highest BCUT2D eigenvalue weighted by atomic mass is 35.5. The number of benzene rings is 2. The van der Waals surface area contributed by atoms with Crippen LogP contribution in [0.25, 0.3) is 0 Å². The van der Waals surface area contributed by atoms with Gasteiger partial charge < -0.3 is 10.1 Å². The van der Waals surface area contributed by atoms with E-state index in [1.807, 2.05) is 60.7 Å². The Morgan fingerprint density at radius 3 is 2.00 bits per heavy atom. The lowest BCUT2D eigenvalue weighted by Crippen LogP contribution is -2.44. The van der Waals surface area contributed by atoms with Gasteiger partial charge in [-0.1, -0.05) is 83.9 Å². The number of alkyl halides is 2. The maximum Gasteiger partial charge on any atom is 0.408 e. The molecule has 1 N–H and O–H groups in total. The summed E-state index contributed by atoms with van der Waals surface area (Å²) < 4.78 is 5.14. The third kappa shape index (κ3) is 5.87. The van der Waals surface area contributed by atoms with Gasteiger partial charge in [0.05, 0.1) is 6.04 Å². The first-order valence-electron chi connectivity index (χ1n) is 7.39. The van der Waals surface area contributed by atoms with E-state index in [-0.39, 0.29) is 13.0 Å². The minimum absolute atomic E-state index is 0.115. The Morgan fingerprint density at radius 1 is 0.917 bits per heavy atom. The molecule has 0 aromatic heterocycles. The maximum atomic E-state index is 12.1. The highest BCUT2D eigenvalue weighted by Crippen LogP contribution is 2.11. The van der Waals surface area contributed by atoms with Crippen LogP contribution in [0.2, 0.25) is 0 Å². The standard InChI is InChI=1S/C18H17Cl2NO3/c19-17(20)16(22)15(11-13-7-3-1-4-8-13)21-18(23)24-12-14-9-5-2-6-10-14/h1-10,15,17H,11-12H2,(H,21,23)/t15-/m0/s1. The van der Waals surface area contributed by atoms with Crippen LogP contribution < -0.4 is 5.32 Å². The number of amides is 1. The Bertz CT molecular complexity index is 662. The van der Waals surface area contributed by atoms with Crippen LogP contribution in [0.5, 0.6) is 0 Å². The summed E-state index contributed by atoms with van der Waals surface area (Å²) in [5.74, 6) is -0.473. The van der Waals surface area contributed by atoms with Gasteiger partial charge in [-0.05, 0) is 17.5 Å². The molecule has 2 aromatic rings. The summed E-state index contributed by atoms with van der Waals surface area (Å²) in [6, 6.07) is 17.7. The third-order valence-corrected chi connectivity index (χ3v) is 3.78. The molecule has 126 valence electrons. The largest absolute Gasteiger partial charge is 0.445 e. The average Bonchev–Trinajstić information content (AvgIpc) is 2.60. The monoisotopic (exact) mass is 365 g/mol. The smallest absolute Gasteiger partial charge is 0.408 e. The minimum atomic E-state index is -1.21. The zero-order valence-electron chi connectivity index (χ0n) is 12.8. The molecule has 1 amide bonds. The molecular weight excluding hydrogens is 349 g/mol. The molecule has 6 heteroatoms. The van der Waals surface area contributed by atoms with Crippen LogP contribution in [0.1, 0.15) is 11.1 Å². The zero-order valence-corrected chi connectivity index (χ0v) is 14.3. The number of rotatable bonds is 7. The fraction of sp³-hybridized carbons (Fsp3) is 0.222. The molecule has 0 unspecified atom stereocenters. The van der Waals surface area contributed by atoms with Crippen LogP contribution in [0.3, 0.4) is 0 Å². The number of ketones is 1. The van der Waals surface area contributed by atoms with Crippen molar-refractivity contribution in [2.75, 3.05) is 0 Å². The highest BCUT2D eigenvalue weighted by molar-refractivity contribution is 6.54. The van der Waals surface area contributed by atoms with Crippen molar-refractivity contribution < 1.29 is 14.3 Å². The Labute approximate surface area is 150 Å². The molecule has 24 heavy (non-hydrogen) atoms. The number of carbonyl (C=O) groups is 2. The molecule has 1 atom stereocenters. The number of ether oxygens (including phenoxy) is 1. The lowest BCUT2D eigenvalue weighted by Gasteiger charge is -2.18. The molecule has 0 bridgehead atoms. The van der Waals surface area contributed by atoms with Crippen molar-refractivity contribution in [3.05, 3.63) is 71.8 Å². The molecule has 0 fully saturated rings. The van der Waals surface area contributed by atoms with Gasteiger partial charge in [0, 0.05) is 0 Å². The molecule has 2 rings (SSSR count). The van der Waals surface area contributed by atoms with E-state index in [1.165, 1.54) is 0 Å². The molecular formula is C18H17Cl2NO3. The Kier molecular flexibility index (Phi) is 7.09. The van der Waals surface area contributed by atoms with E-state index >= 15 is 0 Å². The van der Waals surface area contributed by atoms with Crippen molar-refractivity contribution in [3.8, 4) is 0 Å². The lowest BCUT2D eigenvalue weighted by molar-refractivity contribution is -0.119. The van der Waals surface area contributed by atoms with Gasteiger partial charge in [-0.2, -0.15) is 0 Å². The van der Waals surface area contributed by atoms with E-state index in [0.717, 1.165) is 11.1 Å². The molecule has 0 aliphatic heterocycles. The Balaban J connectivity index is 1.96. The van der Waals surface area contributed by atoms with Gasteiger partial charge in [-0.25, -0.2) is 4.79 Å². The quantitative estimate of drug-likeness (QED) is 0.757. The van der Waals surface area contributed by atoms with Crippen molar-refractivity contribution in [3.63, 3.8) is 0 Å². The Hall–Kier alpha value is -2.04. The lowest BCUT2D eigenvalue weighted by atomic mass is 10.0. The number of nitrogens with one attached hydrogen (secondary N) is 1. The van der Waals surface area contributed by atoms with Crippen molar-refractivity contribution in [1.82, 2.24) is 5.32 Å². The van der Waals surface area contributed by atoms with E-state index in [1.54, 1.807) is 0 Å². The van der Waals surface area contributed by atoms with Crippen LogP contribution >= 0.6 is 23.2 Å². The summed E-state index contributed by atoms with van der Waals surface area (Å²) in [6.07, 6.45) is -0.405. The predicted molar refractivity (Wildman–Crippen MR) is 94.2 cm³/mol. The molecule has 2 aromatic carbocycles. The maximum absolute atomic E-state index is 12.1. The van der Waals surface area contributed by atoms with E-state index in [2.05, 4.69) is 5.32 Å². The first-order chi connectivity index (χ1) is 11.6. The fourth-order valence-corrected chi connectivity index (χ4v) is 2.44.